The molecule has 0 bridgehead atoms. The molecule has 8 heteroatoms. The zero-order valence-electron chi connectivity index (χ0n) is 16.7. The van der Waals surface area contributed by atoms with Crippen molar-refractivity contribution in [1.82, 2.24) is 10.6 Å². The zero-order chi connectivity index (χ0) is 21.9. The minimum atomic E-state index is -1.18. The summed E-state index contributed by atoms with van der Waals surface area (Å²) in [7, 11) is 0. The van der Waals surface area contributed by atoms with Crippen LogP contribution in [0.25, 0.3) is 0 Å². The van der Waals surface area contributed by atoms with Crippen molar-refractivity contribution >= 4 is 18.0 Å². The number of nitrogens with one attached hydrogen (secondary N) is 2. The van der Waals surface area contributed by atoms with Crippen molar-refractivity contribution in [2.45, 2.75) is 38.5 Å². The molecule has 2 rings (SSSR count). The van der Waals surface area contributed by atoms with Crippen LogP contribution < -0.4 is 10.6 Å². The second-order valence-corrected chi connectivity index (χ2v) is 6.95. The lowest BCUT2D eigenvalue weighted by Crippen LogP contribution is -2.44. The van der Waals surface area contributed by atoms with Crippen molar-refractivity contribution < 1.29 is 29.3 Å². The molecule has 8 nitrogen and oxygen atoms in total. The van der Waals surface area contributed by atoms with Gasteiger partial charge in [-0.3, -0.25) is 4.79 Å². The van der Waals surface area contributed by atoms with Gasteiger partial charge in [0.25, 0.3) is 0 Å². The van der Waals surface area contributed by atoms with Gasteiger partial charge < -0.3 is 25.6 Å². The Kier molecular flexibility index (Phi) is 8.83. The minimum absolute atomic E-state index is 0.0859. The Morgan fingerprint density at radius 3 is 2.30 bits per heavy atom. The van der Waals surface area contributed by atoms with E-state index in [9.17, 15) is 24.6 Å². The highest BCUT2D eigenvalue weighted by Gasteiger charge is 2.22. The van der Waals surface area contributed by atoms with Crippen molar-refractivity contribution in [3.8, 4) is 0 Å². The fourth-order valence-electron chi connectivity index (χ4n) is 2.67. The molecule has 0 saturated heterocycles. The summed E-state index contributed by atoms with van der Waals surface area (Å²) in [4.78, 5) is 35.2. The number of amides is 2. The number of alkyl carbamates (subject to hydrolysis) is 1. The standard InChI is InChI=1S/C22H26N2O6/c1-15-7-9-16(10-8-15)11-19(21(27)28)24-20(26)12-18(25)13-23-22(29)30-14-17-5-3-2-4-6-17/h2-10,18-19,25H,11-14H2,1H3,(H,23,29)(H,24,26)(H,27,28)/t18-,19+/m1/s1. The molecule has 4 N–H and O–H groups in total. The van der Waals surface area contributed by atoms with E-state index in [-0.39, 0.29) is 26.0 Å². The summed E-state index contributed by atoms with van der Waals surface area (Å²) < 4.78 is 5.01. The molecule has 0 aliphatic carbocycles. The number of carboxylic acid groups (broad SMARTS) is 1. The molecular weight excluding hydrogens is 388 g/mol. The molecule has 2 aromatic carbocycles. The van der Waals surface area contributed by atoms with Gasteiger partial charge in [0.2, 0.25) is 5.91 Å². The molecule has 0 unspecified atom stereocenters. The van der Waals surface area contributed by atoms with E-state index in [1.807, 2.05) is 49.4 Å². The summed E-state index contributed by atoms with van der Waals surface area (Å²) >= 11 is 0. The van der Waals surface area contributed by atoms with Gasteiger partial charge in [-0.05, 0) is 18.1 Å². The minimum Gasteiger partial charge on any atom is -0.480 e. The fourth-order valence-corrected chi connectivity index (χ4v) is 2.67. The van der Waals surface area contributed by atoms with E-state index in [0.29, 0.717) is 0 Å². The Bertz CT molecular complexity index is 838. The van der Waals surface area contributed by atoms with E-state index in [0.717, 1.165) is 16.7 Å². The Morgan fingerprint density at radius 2 is 1.67 bits per heavy atom. The van der Waals surface area contributed by atoms with Crippen LogP contribution in [0.3, 0.4) is 0 Å². The van der Waals surface area contributed by atoms with E-state index in [1.165, 1.54) is 0 Å². The van der Waals surface area contributed by atoms with Crippen molar-refractivity contribution in [3.05, 3.63) is 71.3 Å². The van der Waals surface area contributed by atoms with Crippen LogP contribution in [-0.4, -0.2) is 46.9 Å². The second kappa shape index (κ2) is 11.6. The first-order valence-corrected chi connectivity index (χ1v) is 9.54. The molecule has 0 saturated carbocycles. The van der Waals surface area contributed by atoms with Gasteiger partial charge >= 0.3 is 12.1 Å². The Hall–Kier alpha value is -3.39. The molecule has 2 amide bonds. The van der Waals surface area contributed by atoms with E-state index < -0.39 is 30.1 Å². The smallest absolute Gasteiger partial charge is 0.407 e. The van der Waals surface area contributed by atoms with Crippen LogP contribution in [0.1, 0.15) is 23.1 Å². The summed E-state index contributed by atoms with van der Waals surface area (Å²) in [6.07, 6.45) is -2.12. The molecule has 2 atom stereocenters. The first kappa shape index (κ1) is 22.9. The van der Waals surface area contributed by atoms with Gasteiger partial charge in [0, 0.05) is 13.0 Å². The maximum absolute atomic E-state index is 12.1. The summed E-state index contributed by atoms with van der Waals surface area (Å²) in [5.74, 6) is -1.79. The summed E-state index contributed by atoms with van der Waals surface area (Å²) in [5, 5.41) is 24.1. The number of ether oxygens (including phenoxy) is 1. The Morgan fingerprint density at radius 1 is 1.00 bits per heavy atom. The van der Waals surface area contributed by atoms with Crippen molar-refractivity contribution in [1.29, 1.82) is 0 Å². The molecule has 30 heavy (non-hydrogen) atoms. The number of benzene rings is 2. The number of aliphatic carboxylic acids is 1. The van der Waals surface area contributed by atoms with Crippen molar-refractivity contribution in [2.75, 3.05) is 6.54 Å². The number of rotatable bonds is 10. The van der Waals surface area contributed by atoms with Gasteiger partial charge in [-0.15, -0.1) is 0 Å². The quantitative estimate of drug-likeness (QED) is 0.470. The van der Waals surface area contributed by atoms with Gasteiger partial charge in [-0.1, -0.05) is 60.2 Å². The van der Waals surface area contributed by atoms with Gasteiger partial charge in [0.05, 0.1) is 12.5 Å². The molecule has 2 aromatic rings. The highest BCUT2D eigenvalue weighted by Crippen LogP contribution is 2.07. The summed E-state index contributed by atoms with van der Waals surface area (Å²) in [5.41, 5.74) is 2.64. The SMILES string of the molecule is Cc1ccc(C[C@H](NC(=O)C[C@@H](O)CNC(=O)OCc2ccccc2)C(=O)O)cc1. The number of carbonyl (C=O) groups excluding carboxylic acids is 2. The number of aryl methyl sites for hydroxylation is 1. The largest absolute Gasteiger partial charge is 0.480 e. The van der Waals surface area contributed by atoms with Gasteiger partial charge in [0.1, 0.15) is 12.6 Å². The van der Waals surface area contributed by atoms with E-state index >= 15 is 0 Å². The van der Waals surface area contributed by atoms with Crippen LogP contribution in [-0.2, 0) is 27.4 Å². The van der Waals surface area contributed by atoms with Gasteiger partial charge in [0.15, 0.2) is 0 Å². The highest BCUT2D eigenvalue weighted by atomic mass is 16.5. The molecule has 0 aromatic heterocycles. The lowest BCUT2D eigenvalue weighted by molar-refractivity contribution is -0.142. The maximum atomic E-state index is 12.1. The predicted octanol–water partition coefficient (Wildman–Crippen LogP) is 1.78. The third-order valence-corrected chi connectivity index (χ3v) is 4.31. The predicted molar refractivity (Wildman–Crippen MR) is 110 cm³/mol. The first-order valence-electron chi connectivity index (χ1n) is 9.54. The molecule has 0 fully saturated rings. The maximum Gasteiger partial charge on any atom is 0.407 e. The summed E-state index contributed by atoms with van der Waals surface area (Å²) in [6, 6.07) is 15.3. The van der Waals surface area contributed by atoms with Gasteiger partial charge in [-0.2, -0.15) is 0 Å². The molecule has 0 aliphatic heterocycles. The fraction of sp³-hybridized carbons (Fsp3) is 0.318. The molecule has 160 valence electrons. The molecule has 0 spiro atoms. The van der Waals surface area contributed by atoms with Crippen LogP contribution >= 0.6 is 0 Å². The average Bonchev–Trinajstić information content (AvgIpc) is 2.72. The number of hydrogen-bond donors (Lipinski definition) is 4. The zero-order valence-corrected chi connectivity index (χ0v) is 16.7. The van der Waals surface area contributed by atoms with Crippen LogP contribution in [0.4, 0.5) is 4.79 Å². The molecule has 0 radical (unpaired) electrons. The number of aliphatic hydroxyl groups excluding tert-OH is 1. The van der Waals surface area contributed by atoms with Crippen molar-refractivity contribution in [2.24, 2.45) is 0 Å². The third-order valence-electron chi connectivity index (χ3n) is 4.31. The Balaban J connectivity index is 1.73. The normalized spacial score (nSPS) is 12.5. The summed E-state index contributed by atoms with van der Waals surface area (Å²) in [6.45, 7) is 1.81. The van der Waals surface area contributed by atoms with Crippen LogP contribution in [0.5, 0.6) is 0 Å². The topological polar surface area (TPSA) is 125 Å². The third kappa shape index (κ3) is 8.32. The average molecular weight is 414 g/mol. The Labute approximate surface area is 174 Å². The van der Waals surface area contributed by atoms with E-state index in [4.69, 9.17) is 4.74 Å². The number of aliphatic hydroxyl groups is 1. The molecule has 0 aliphatic rings. The first-order chi connectivity index (χ1) is 14.3. The highest BCUT2D eigenvalue weighted by molar-refractivity contribution is 5.84. The number of carboxylic acids is 1. The number of hydrogen-bond acceptors (Lipinski definition) is 5. The second-order valence-electron chi connectivity index (χ2n) is 6.95. The van der Waals surface area contributed by atoms with Crippen LogP contribution in [0.15, 0.2) is 54.6 Å². The number of carbonyl (C=O) groups is 3. The van der Waals surface area contributed by atoms with E-state index in [2.05, 4.69) is 10.6 Å². The molecular formula is C22H26N2O6. The van der Waals surface area contributed by atoms with Crippen molar-refractivity contribution in [3.63, 3.8) is 0 Å². The van der Waals surface area contributed by atoms with Crippen LogP contribution in [0, 0.1) is 6.92 Å². The lowest BCUT2D eigenvalue weighted by atomic mass is 10.0. The monoisotopic (exact) mass is 414 g/mol. The molecule has 0 heterocycles. The van der Waals surface area contributed by atoms with Gasteiger partial charge in [-0.25, -0.2) is 9.59 Å². The lowest BCUT2D eigenvalue weighted by Gasteiger charge is -2.17. The van der Waals surface area contributed by atoms with E-state index in [1.54, 1.807) is 12.1 Å². The van der Waals surface area contributed by atoms with Crippen LogP contribution in [0.2, 0.25) is 0 Å².